The van der Waals surface area contributed by atoms with Gasteiger partial charge in [0.25, 0.3) is 0 Å². The summed E-state index contributed by atoms with van der Waals surface area (Å²) in [4.78, 5) is 27.2. The molecule has 1 aliphatic heterocycles. The number of hydrogen-bond acceptors (Lipinski definition) is 5. The number of aliphatic hydroxyl groups excluding tert-OH is 1. The van der Waals surface area contributed by atoms with E-state index >= 15 is 0 Å². The number of hydrogen-bond donors (Lipinski definition) is 2. The van der Waals surface area contributed by atoms with Crippen LogP contribution in [0.15, 0.2) is 30.5 Å². The molecular formula is C20H26ClN5O3. The topological polar surface area (TPSA) is 100 Å². The van der Waals surface area contributed by atoms with Crippen LogP contribution in [0.3, 0.4) is 0 Å². The number of likely N-dealkylation sites (tertiary alicyclic amines) is 1. The molecule has 0 radical (unpaired) electrons. The third-order valence-corrected chi connectivity index (χ3v) is 5.42. The van der Waals surface area contributed by atoms with E-state index < -0.39 is 23.6 Å². The van der Waals surface area contributed by atoms with Crippen LogP contribution in [0.5, 0.6) is 0 Å². The van der Waals surface area contributed by atoms with Gasteiger partial charge in [-0.25, -0.2) is 4.68 Å². The highest BCUT2D eigenvalue weighted by Crippen LogP contribution is 2.35. The molecule has 0 aliphatic carbocycles. The van der Waals surface area contributed by atoms with Gasteiger partial charge in [-0.05, 0) is 11.5 Å². The molecule has 2 heterocycles. The highest BCUT2D eigenvalue weighted by Gasteiger charge is 2.45. The summed E-state index contributed by atoms with van der Waals surface area (Å²) < 4.78 is 1.52. The lowest BCUT2D eigenvalue weighted by atomic mass is 9.85. The SMILES string of the molecule is CNC(=O)[C@@H]1C[C@@H](O)CN1C(=O)[C@@H](n1cc(-c2ccccc2Cl)nn1)C(C)(C)C. The van der Waals surface area contributed by atoms with E-state index in [0.29, 0.717) is 10.7 Å². The van der Waals surface area contributed by atoms with Crippen LogP contribution in [0.2, 0.25) is 5.02 Å². The fourth-order valence-corrected chi connectivity index (χ4v) is 3.94. The fraction of sp³-hybridized carbons (Fsp3) is 0.500. The van der Waals surface area contributed by atoms with Crippen LogP contribution in [0.25, 0.3) is 11.3 Å². The van der Waals surface area contributed by atoms with Gasteiger partial charge >= 0.3 is 0 Å². The largest absolute Gasteiger partial charge is 0.391 e. The van der Waals surface area contributed by atoms with E-state index in [1.807, 2.05) is 39.0 Å². The lowest BCUT2D eigenvalue weighted by molar-refractivity contribution is -0.144. The van der Waals surface area contributed by atoms with Gasteiger partial charge in [0.2, 0.25) is 11.8 Å². The number of carbonyl (C=O) groups is 2. The third-order valence-electron chi connectivity index (χ3n) is 5.09. The van der Waals surface area contributed by atoms with Gasteiger partial charge in [-0.15, -0.1) is 5.10 Å². The Hall–Kier alpha value is -2.45. The molecule has 1 aromatic heterocycles. The van der Waals surface area contributed by atoms with Crippen molar-refractivity contribution in [1.82, 2.24) is 25.2 Å². The second-order valence-corrected chi connectivity index (χ2v) is 8.75. The van der Waals surface area contributed by atoms with Gasteiger partial charge in [-0.2, -0.15) is 0 Å². The first-order valence-electron chi connectivity index (χ1n) is 9.50. The normalized spacial score (nSPS) is 20.6. The summed E-state index contributed by atoms with van der Waals surface area (Å²) in [7, 11) is 1.52. The van der Waals surface area contributed by atoms with Crippen molar-refractivity contribution >= 4 is 23.4 Å². The van der Waals surface area contributed by atoms with Gasteiger partial charge in [-0.1, -0.05) is 55.8 Å². The summed E-state index contributed by atoms with van der Waals surface area (Å²) in [6.07, 6.45) is 1.16. The van der Waals surface area contributed by atoms with Crippen LogP contribution in [-0.4, -0.2) is 62.6 Å². The number of β-amino-alcohol motifs (C(OH)–C–C–N with tert-alkyl or cyclic N) is 1. The van der Waals surface area contributed by atoms with Crippen molar-refractivity contribution in [2.75, 3.05) is 13.6 Å². The zero-order chi connectivity index (χ0) is 21.3. The van der Waals surface area contributed by atoms with E-state index in [-0.39, 0.29) is 24.8 Å². The molecule has 2 amide bonds. The minimum absolute atomic E-state index is 0.107. The number of aliphatic hydroxyl groups is 1. The van der Waals surface area contributed by atoms with Crippen LogP contribution < -0.4 is 5.32 Å². The Morgan fingerprint density at radius 1 is 1.31 bits per heavy atom. The van der Waals surface area contributed by atoms with Gasteiger partial charge in [0.1, 0.15) is 17.8 Å². The third kappa shape index (κ3) is 4.28. The molecule has 1 aliphatic rings. The molecule has 0 bridgehead atoms. The Morgan fingerprint density at radius 3 is 2.62 bits per heavy atom. The predicted octanol–water partition coefficient (Wildman–Crippen LogP) is 1.89. The van der Waals surface area contributed by atoms with Gasteiger partial charge in [0.05, 0.1) is 17.3 Å². The van der Waals surface area contributed by atoms with Crippen molar-refractivity contribution in [3.8, 4) is 11.3 Å². The summed E-state index contributed by atoms with van der Waals surface area (Å²) >= 11 is 6.27. The van der Waals surface area contributed by atoms with E-state index in [9.17, 15) is 14.7 Å². The van der Waals surface area contributed by atoms with E-state index in [4.69, 9.17) is 11.6 Å². The van der Waals surface area contributed by atoms with Gasteiger partial charge in [-0.3, -0.25) is 9.59 Å². The van der Waals surface area contributed by atoms with Crippen molar-refractivity contribution in [1.29, 1.82) is 0 Å². The molecule has 9 heteroatoms. The number of likely N-dealkylation sites (N-methyl/N-ethyl adjacent to an activating group) is 1. The Bertz CT molecular complexity index is 908. The maximum atomic E-state index is 13.5. The fourth-order valence-electron chi connectivity index (χ4n) is 3.71. The summed E-state index contributed by atoms with van der Waals surface area (Å²) in [5.41, 5.74) is 0.769. The van der Waals surface area contributed by atoms with Crippen LogP contribution in [0, 0.1) is 5.41 Å². The highest BCUT2D eigenvalue weighted by atomic mass is 35.5. The number of carbonyl (C=O) groups excluding carboxylic acids is 2. The average Bonchev–Trinajstić information content (AvgIpc) is 3.27. The minimum Gasteiger partial charge on any atom is -0.391 e. The standard InChI is InChI=1S/C20H26ClN5O3/c1-20(2,3)17(19(29)25-10-12(27)9-16(25)18(28)22-4)26-11-15(23-24-26)13-7-5-6-8-14(13)21/h5-8,11-12,16-17,27H,9-10H2,1-4H3,(H,22,28)/t12-,16+,17-/m1/s1. The number of nitrogens with zero attached hydrogens (tertiary/aromatic N) is 4. The molecule has 8 nitrogen and oxygen atoms in total. The zero-order valence-corrected chi connectivity index (χ0v) is 17.7. The van der Waals surface area contributed by atoms with Crippen LogP contribution in [0.1, 0.15) is 33.2 Å². The molecular weight excluding hydrogens is 394 g/mol. The molecule has 29 heavy (non-hydrogen) atoms. The van der Waals surface area contributed by atoms with Crippen LogP contribution >= 0.6 is 11.6 Å². The first-order chi connectivity index (χ1) is 13.6. The van der Waals surface area contributed by atoms with Crippen molar-refractivity contribution in [3.63, 3.8) is 0 Å². The van der Waals surface area contributed by atoms with Gasteiger partial charge in [0.15, 0.2) is 0 Å². The number of aromatic nitrogens is 3. The molecule has 1 fully saturated rings. The average molecular weight is 420 g/mol. The summed E-state index contributed by atoms with van der Waals surface area (Å²) in [5.74, 6) is -0.573. The zero-order valence-electron chi connectivity index (χ0n) is 17.0. The molecule has 0 saturated carbocycles. The maximum Gasteiger partial charge on any atom is 0.248 e. The van der Waals surface area contributed by atoms with Gasteiger partial charge < -0.3 is 15.3 Å². The van der Waals surface area contributed by atoms with Crippen LogP contribution in [-0.2, 0) is 9.59 Å². The Balaban J connectivity index is 1.96. The van der Waals surface area contributed by atoms with Crippen molar-refractivity contribution in [2.24, 2.45) is 5.41 Å². The number of nitrogens with one attached hydrogen (secondary N) is 1. The van der Waals surface area contributed by atoms with Gasteiger partial charge in [0, 0.05) is 25.6 Å². The van der Waals surface area contributed by atoms with Crippen molar-refractivity contribution < 1.29 is 14.7 Å². The van der Waals surface area contributed by atoms with E-state index in [1.54, 1.807) is 12.3 Å². The molecule has 156 valence electrons. The molecule has 0 spiro atoms. The first kappa shape index (κ1) is 21.3. The number of amides is 2. The lowest BCUT2D eigenvalue weighted by Gasteiger charge is -2.34. The molecule has 0 unspecified atom stereocenters. The van der Waals surface area contributed by atoms with E-state index in [2.05, 4.69) is 15.6 Å². The lowest BCUT2D eigenvalue weighted by Crippen LogP contribution is -2.49. The molecule has 3 rings (SSSR count). The summed E-state index contributed by atoms with van der Waals surface area (Å²) in [6, 6.07) is 5.87. The van der Waals surface area contributed by atoms with Crippen molar-refractivity contribution in [3.05, 3.63) is 35.5 Å². The number of benzene rings is 1. The Morgan fingerprint density at radius 2 is 2.00 bits per heavy atom. The molecule has 3 atom stereocenters. The van der Waals surface area contributed by atoms with Crippen LogP contribution in [0.4, 0.5) is 0 Å². The molecule has 1 aromatic carbocycles. The molecule has 2 N–H and O–H groups in total. The maximum absolute atomic E-state index is 13.5. The smallest absolute Gasteiger partial charge is 0.248 e. The van der Waals surface area contributed by atoms with E-state index in [1.165, 1.54) is 16.6 Å². The Kier molecular flexibility index (Phi) is 5.95. The number of halogens is 1. The predicted molar refractivity (Wildman–Crippen MR) is 109 cm³/mol. The second-order valence-electron chi connectivity index (χ2n) is 8.34. The monoisotopic (exact) mass is 419 g/mol. The molecule has 2 aromatic rings. The molecule has 1 saturated heterocycles. The first-order valence-corrected chi connectivity index (χ1v) is 9.88. The minimum atomic E-state index is -0.740. The van der Waals surface area contributed by atoms with Crippen molar-refractivity contribution in [2.45, 2.75) is 45.4 Å². The summed E-state index contributed by atoms with van der Waals surface area (Å²) in [6.45, 7) is 5.88. The second kappa shape index (κ2) is 8.12. The summed E-state index contributed by atoms with van der Waals surface area (Å²) in [5, 5.41) is 21.6. The number of rotatable bonds is 4. The highest BCUT2D eigenvalue weighted by molar-refractivity contribution is 6.33. The quantitative estimate of drug-likeness (QED) is 0.788. The van der Waals surface area contributed by atoms with E-state index in [0.717, 1.165) is 5.56 Å². The Labute approximate surface area is 174 Å².